The number of aryl methyl sites for hydroxylation is 2. The average Bonchev–Trinajstić information content (AvgIpc) is 2.32. The van der Waals surface area contributed by atoms with E-state index in [1.807, 2.05) is 41.5 Å². The summed E-state index contributed by atoms with van der Waals surface area (Å²) in [5.41, 5.74) is 1.32. The van der Waals surface area contributed by atoms with Crippen LogP contribution in [0.2, 0.25) is 0 Å². The number of aromatic nitrogens is 1. The first-order valence-electron chi connectivity index (χ1n) is 5.79. The van der Waals surface area contributed by atoms with Gasteiger partial charge in [-0.3, -0.25) is 4.98 Å². The minimum atomic E-state index is -0.178. The molecule has 0 spiro atoms. The van der Waals surface area contributed by atoms with E-state index in [4.69, 9.17) is 0 Å². The van der Waals surface area contributed by atoms with Gasteiger partial charge in [0.05, 0.1) is 0 Å². The molecule has 0 aliphatic carbocycles. The lowest BCUT2D eigenvalue weighted by Crippen LogP contribution is -1.86. The summed E-state index contributed by atoms with van der Waals surface area (Å²) in [4.78, 5) is 3.90. The highest BCUT2D eigenvalue weighted by Crippen LogP contribution is 2.03. The molecule has 1 heterocycles. The van der Waals surface area contributed by atoms with E-state index < -0.39 is 0 Å². The molecule has 0 saturated heterocycles. The van der Waals surface area contributed by atoms with Gasteiger partial charge < -0.3 is 0 Å². The summed E-state index contributed by atoms with van der Waals surface area (Å²) in [6.45, 7) is 15.5. The maximum absolute atomic E-state index is 12.5. The molecule has 0 amide bonds. The molecule has 0 fully saturated rings. The van der Waals surface area contributed by atoms with Crippen LogP contribution in [0.15, 0.2) is 12.3 Å². The van der Waals surface area contributed by atoms with Crippen LogP contribution in [-0.4, -0.2) is 4.98 Å². The van der Waals surface area contributed by atoms with Crippen LogP contribution in [0.5, 0.6) is 0 Å². The number of nitrogens with zero attached hydrogens (tertiary/aromatic N) is 1. The third-order valence-electron chi connectivity index (χ3n) is 1.17. The molecule has 1 nitrogen and oxygen atoms in total. The van der Waals surface area contributed by atoms with Crippen molar-refractivity contribution in [1.82, 2.24) is 4.98 Å². The highest BCUT2D eigenvalue weighted by atomic mass is 19.1. The summed E-state index contributed by atoms with van der Waals surface area (Å²) in [5.74, 6) is -0.178. The number of halogens is 1. The maximum atomic E-state index is 12.5. The summed E-state index contributed by atoms with van der Waals surface area (Å²) in [5, 5.41) is 0. The first kappa shape index (κ1) is 19.6. The van der Waals surface area contributed by atoms with Crippen LogP contribution in [0.1, 0.15) is 52.8 Å². The van der Waals surface area contributed by atoms with Crippen molar-refractivity contribution < 1.29 is 4.39 Å². The molecule has 2 heteroatoms. The second kappa shape index (κ2) is 15.5. The summed E-state index contributed by atoms with van der Waals surface area (Å²) in [7, 11) is 0. The molecule has 0 atom stereocenters. The minimum Gasteiger partial charge on any atom is -0.261 e. The maximum Gasteiger partial charge on any atom is 0.129 e. The van der Waals surface area contributed by atoms with Crippen molar-refractivity contribution in [3.8, 4) is 0 Å². The minimum absolute atomic E-state index is 0.178. The molecule has 0 unspecified atom stereocenters. The standard InChI is InChI=1S/C7H8FN.3C2H6/c1-5-4-9-6(2)3-7(5)8;3*1-2/h3-4H,1-2H3;3*1-2H3. The summed E-state index contributed by atoms with van der Waals surface area (Å²) >= 11 is 0. The zero-order valence-corrected chi connectivity index (χ0v) is 11.5. The number of rotatable bonds is 0. The monoisotopic (exact) mass is 215 g/mol. The van der Waals surface area contributed by atoms with Crippen molar-refractivity contribution in [2.24, 2.45) is 0 Å². The molecular weight excluding hydrogens is 189 g/mol. The second-order valence-corrected chi connectivity index (χ2v) is 2.07. The Morgan fingerprint density at radius 3 is 1.60 bits per heavy atom. The zero-order chi connectivity index (χ0) is 12.9. The molecule has 0 saturated carbocycles. The molecule has 1 aromatic heterocycles. The Morgan fingerprint density at radius 2 is 1.33 bits per heavy atom. The van der Waals surface area contributed by atoms with Crippen molar-refractivity contribution in [1.29, 1.82) is 0 Å². The lowest BCUT2D eigenvalue weighted by atomic mass is 10.3. The van der Waals surface area contributed by atoms with Crippen LogP contribution in [0.3, 0.4) is 0 Å². The summed E-state index contributed by atoms with van der Waals surface area (Å²) < 4.78 is 12.5. The van der Waals surface area contributed by atoms with E-state index in [2.05, 4.69) is 4.98 Å². The van der Waals surface area contributed by atoms with Crippen LogP contribution in [0.25, 0.3) is 0 Å². The van der Waals surface area contributed by atoms with Gasteiger partial charge in [0, 0.05) is 17.5 Å². The Bertz CT molecular complexity index is 222. The van der Waals surface area contributed by atoms with Gasteiger partial charge in [0.2, 0.25) is 0 Å². The fourth-order valence-electron chi connectivity index (χ4n) is 0.595. The SMILES string of the molecule is CC.CC.CC.Cc1cc(F)c(C)cn1. The summed E-state index contributed by atoms with van der Waals surface area (Å²) in [6, 6.07) is 1.43. The van der Waals surface area contributed by atoms with E-state index in [0.29, 0.717) is 5.56 Å². The van der Waals surface area contributed by atoms with E-state index in [1.165, 1.54) is 12.3 Å². The highest BCUT2D eigenvalue weighted by molar-refractivity contribution is 5.13. The zero-order valence-electron chi connectivity index (χ0n) is 11.5. The Morgan fingerprint density at radius 1 is 0.933 bits per heavy atom. The molecule has 15 heavy (non-hydrogen) atoms. The van der Waals surface area contributed by atoms with Gasteiger partial charge in [-0.1, -0.05) is 41.5 Å². The molecule has 0 aromatic carbocycles. The molecule has 1 rings (SSSR count). The van der Waals surface area contributed by atoms with Gasteiger partial charge in [0.15, 0.2) is 0 Å². The van der Waals surface area contributed by atoms with Gasteiger partial charge >= 0.3 is 0 Å². The lowest BCUT2D eigenvalue weighted by Gasteiger charge is -1.94. The molecular formula is C13H26FN. The van der Waals surface area contributed by atoms with Crippen molar-refractivity contribution in [2.45, 2.75) is 55.4 Å². The van der Waals surface area contributed by atoms with Crippen molar-refractivity contribution in [2.75, 3.05) is 0 Å². The smallest absolute Gasteiger partial charge is 0.129 e. The molecule has 0 radical (unpaired) electrons. The Balaban J connectivity index is -0.000000208. The van der Waals surface area contributed by atoms with Gasteiger partial charge in [0.25, 0.3) is 0 Å². The largest absolute Gasteiger partial charge is 0.261 e. The van der Waals surface area contributed by atoms with Crippen LogP contribution in [-0.2, 0) is 0 Å². The number of pyridine rings is 1. The van der Waals surface area contributed by atoms with E-state index in [1.54, 1.807) is 13.8 Å². The van der Waals surface area contributed by atoms with Crippen LogP contribution < -0.4 is 0 Å². The Hall–Kier alpha value is -0.920. The van der Waals surface area contributed by atoms with Gasteiger partial charge in [-0.2, -0.15) is 0 Å². The van der Waals surface area contributed by atoms with Crippen LogP contribution >= 0.6 is 0 Å². The van der Waals surface area contributed by atoms with Crippen molar-refractivity contribution in [3.05, 3.63) is 29.3 Å². The normalized spacial score (nSPS) is 7.00. The van der Waals surface area contributed by atoms with Gasteiger partial charge in [-0.05, 0) is 19.9 Å². The quantitative estimate of drug-likeness (QED) is 0.599. The van der Waals surface area contributed by atoms with E-state index >= 15 is 0 Å². The van der Waals surface area contributed by atoms with E-state index in [0.717, 1.165) is 5.69 Å². The van der Waals surface area contributed by atoms with Crippen LogP contribution in [0, 0.1) is 19.7 Å². The predicted molar refractivity (Wildman–Crippen MR) is 67.7 cm³/mol. The van der Waals surface area contributed by atoms with E-state index in [9.17, 15) is 4.39 Å². The van der Waals surface area contributed by atoms with Crippen LogP contribution in [0.4, 0.5) is 4.39 Å². The molecule has 0 aliphatic heterocycles. The Kier molecular flexibility index (Phi) is 20.3. The topological polar surface area (TPSA) is 12.9 Å². The van der Waals surface area contributed by atoms with Crippen molar-refractivity contribution >= 4 is 0 Å². The Labute approximate surface area is 94.8 Å². The third kappa shape index (κ3) is 11.0. The number of hydrogen-bond donors (Lipinski definition) is 0. The highest BCUT2D eigenvalue weighted by Gasteiger charge is 1.94. The second-order valence-electron chi connectivity index (χ2n) is 2.07. The predicted octanol–water partition coefficient (Wildman–Crippen LogP) is 4.92. The molecule has 90 valence electrons. The first-order valence-corrected chi connectivity index (χ1v) is 5.79. The molecule has 0 aliphatic rings. The fourth-order valence-corrected chi connectivity index (χ4v) is 0.595. The van der Waals surface area contributed by atoms with Gasteiger partial charge in [-0.25, -0.2) is 4.39 Å². The summed E-state index contributed by atoms with van der Waals surface area (Å²) in [6.07, 6.45) is 1.53. The molecule has 0 bridgehead atoms. The van der Waals surface area contributed by atoms with Gasteiger partial charge in [0.1, 0.15) is 5.82 Å². The third-order valence-corrected chi connectivity index (χ3v) is 1.17. The van der Waals surface area contributed by atoms with Gasteiger partial charge in [-0.15, -0.1) is 0 Å². The lowest BCUT2D eigenvalue weighted by molar-refractivity contribution is 0.614. The fraction of sp³-hybridized carbons (Fsp3) is 0.615. The average molecular weight is 215 g/mol. The molecule has 1 aromatic rings. The van der Waals surface area contributed by atoms with Crippen molar-refractivity contribution in [3.63, 3.8) is 0 Å². The first-order chi connectivity index (χ1) is 7.20. The number of hydrogen-bond acceptors (Lipinski definition) is 1. The van der Waals surface area contributed by atoms with E-state index in [-0.39, 0.29) is 5.82 Å². The molecule has 0 N–H and O–H groups in total.